The summed E-state index contributed by atoms with van der Waals surface area (Å²) in [4.78, 5) is 32.8. The molecule has 0 aromatic rings. The summed E-state index contributed by atoms with van der Waals surface area (Å²) in [5.41, 5.74) is 0.681. The number of hydrogen-bond donors (Lipinski definition) is 0. The van der Waals surface area contributed by atoms with Gasteiger partial charge in [-0.2, -0.15) is 0 Å². The van der Waals surface area contributed by atoms with Gasteiger partial charge < -0.3 is 0 Å². The minimum atomic E-state index is -0.688. The minimum Gasteiger partial charge on any atom is -0.254 e. The van der Waals surface area contributed by atoms with E-state index in [-0.39, 0.29) is 0 Å². The van der Waals surface area contributed by atoms with E-state index in [1.165, 1.54) is 64.2 Å². The molecule has 0 atom stereocenters. The van der Waals surface area contributed by atoms with E-state index >= 15 is 0 Å². The molecule has 0 aromatic heterocycles. The zero-order valence-electron chi connectivity index (χ0n) is 16.5. The van der Waals surface area contributed by atoms with Crippen molar-refractivity contribution in [3.05, 3.63) is 24.3 Å². The van der Waals surface area contributed by atoms with E-state index < -0.39 is 11.9 Å². The van der Waals surface area contributed by atoms with Crippen molar-refractivity contribution in [3.8, 4) is 0 Å². The predicted molar refractivity (Wildman–Crippen MR) is 103 cm³/mol. The molecule has 5 nitrogen and oxygen atoms in total. The monoisotopic (exact) mass is 378 g/mol. The molecular weight excluding hydrogens is 344 g/mol. The second kappa shape index (κ2) is 12.0. The van der Waals surface area contributed by atoms with Crippen molar-refractivity contribution in [3.63, 3.8) is 0 Å². The van der Waals surface area contributed by atoms with E-state index in [2.05, 4.69) is 28.0 Å². The van der Waals surface area contributed by atoms with Crippen molar-refractivity contribution >= 4 is 11.9 Å². The molecule has 0 heterocycles. The summed E-state index contributed by atoms with van der Waals surface area (Å²) in [5, 5.41) is 4.36. The molecule has 2 fully saturated rings. The van der Waals surface area contributed by atoms with Crippen LogP contribution in [0.5, 0.6) is 0 Å². The summed E-state index contributed by atoms with van der Waals surface area (Å²) < 4.78 is 0. The van der Waals surface area contributed by atoms with Gasteiger partial charge in [0.15, 0.2) is 0 Å². The molecule has 0 aliphatic heterocycles. The van der Waals surface area contributed by atoms with Gasteiger partial charge in [-0.15, -0.1) is 0 Å². The fraction of sp³-hybridized carbons (Fsp3) is 0.727. The predicted octanol–water partition coefficient (Wildman–Crippen LogP) is 5.75. The highest BCUT2D eigenvalue weighted by Crippen LogP contribution is 2.29. The molecule has 5 heteroatoms. The zero-order chi connectivity index (χ0) is 19.5. The van der Waals surface area contributed by atoms with Gasteiger partial charge in [0.05, 0.1) is 0 Å². The van der Waals surface area contributed by atoms with E-state index in [9.17, 15) is 9.59 Å². The number of carbonyl (C=O) groups excluding carboxylic acids is 2. The van der Waals surface area contributed by atoms with Crippen LogP contribution in [-0.2, 0) is 24.4 Å². The summed E-state index contributed by atoms with van der Waals surface area (Å²) in [5.74, 6) is -0.0538. The van der Waals surface area contributed by atoms with Gasteiger partial charge in [0.25, 0.3) is 0 Å². The largest absolute Gasteiger partial charge is 0.372 e. The van der Waals surface area contributed by atoms with Crippen molar-refractivity contribution in [2.45, 2.75) is 89.9 Å². The third-order valence-electron chi connectivity index (χ3n) is 5.95. The second-order valence-electron chi connectivity index (χ2n) is 8.10. The molecule has 0 N–H and O–H groups in total. The van der Waals surface area contributed by atoms with E-state index in [0.717, 1.165) is 12.8 Å². The average Bonchev–Trinajstić information content (AvgIpc) is 2.71. The average molecular weight is 379 g/mol. The van der Waals surface area contributed by atoms with Gasteiger partial charge in [-0.25, -0.2) is 9.59 Å². The fourth-order valence-corrected chi connectivity index (χ4v) is 4.11. The van der Waals surface area contributed by atoms with Crippen LogP contribution < -0.4 is 0 Å². The summed E-state index contributed by atoms with van der Waals surface area (Å²) in [7, 11) is 0. The lowest BCUT2D eigenvalue weighted by atomic mass is 9.85. The van der Waals surface area contributed by atoms with Gasteiger partial charge >= 0.3 is 11.9 Å². The Kier molecular flexibility index (Phi) is 9.60. The minimum absolute atomic E-state index is 0.341. The zero-order valence-corrected chi connectivity index (χ0v) is 16.5. The Balaban J connectivity index is 1.55. The smallest absolute Gasteiger partial charge is 0.254 e. The highest BCUT2D eigenvalue weighted by molar-refractivity contribution is 5.88. The maximum absolute atomic E-state index is 11.8. The van der Waals surface area contributed by atoms with Crippen LogP contribution in [0.3, 0.4) is 0 Å². The molecule has 27 heavy (non-hydrogen) atoms. The maximum atomic E-state index is 11.8. The lowest BCUT2D eigenvalue weighted by Gasteiger charge is -2.21. The Morgan fingerprint density at radius 3 is 1.41 bits per heavy atom. The van der Waals surface area contributed by atoms with Crippen LogP contribution in [0.1, 0.15) is 89.9 Å². The number of rotatable bonds is 10. The molecule has 0 spiro atoms. The van der Waals surface area contributed by atoms with Crippen LogP contribution in [0.2, 0.25) is 0 Å². The van der Waals surface area contributed by atoms with Crippen LogP contribution in [-0.4, -0.2) is 11.9 Å². The third kappa shape index (κ3) is 8.29. The van der Waals surface area contributed by atoms with Gasteiger partial charge in [-0.1, -0.05) is 77.4 Å². The number of carbonyl (C=O) groups is 2. The Bertz CT molecular complexity index is 467. The second-order valence-corrected chi connectivity index (χ2v) is 8.10. The van der Waals surface area contributed by atoms with Gasteiger partial charge in [0.2, 0.25) is 0 Å². The molecule has 0 bridgehead atoms. The lowest BCUT2D eigenvalue weighted by molar-refractivity contribution is -0.456. The van der Waals surface area contributed by atoms with Crippen LogP contribution in [0.25, 0.3) is 0 Å². The SMILES string of the molecule is C=C(CCC1CCCCC1)C(=O)OOOC(=O)C(=C)CCC1CCCCC1. The maximum Gasteiger partial charge on any atom is 0.372 e. The highest BCUT2D eigenvalue weighted by atomic mass is 17.5. The molecule has 2 aliphatic carbocycles. The molecule has 152 valence electrons. The van der Waals surface area contributed by atoms with Gasteiger partial charge in [-0.05, 0) is 37.5 Å². The van der Waals surface area contributed by atoms with E-state index in [4.69, 9.17) is 0 Å². The van der Waals surface area contributed by atoms with Gasteiger partial charge in [-0.3, -0.25) is 9.78 Å². The van der Waals surface area contributed by atoms with Crippen LogP contribution >= 0.6 is 0 Å². The Morgan fingerprint density at radius 1 is 0.667 bits per heavy atom. The molecular formula is C22H34O5. The number of hydrogen-bond acceptors (Lipinski definition) is 5. The van der Waals surface area contributed by atoms with Gasteiger partial charge in [0.1, 0.15) is 0 Å². The molecule has 0 radical (unpaired) electrons. The van der Waals surface area contributed by atoms with Crippen molar-refractivity contribution in [2.24, 2.45) is 11.8 Å². The molecule has 2 saturated carbocycles. The first kappa shape index (κ1) is 21.7. The van der Waals surface area contributed by atoms with Crippen molar-refractivity contribution in [1.29, 1.82) is 0 Å². The molecule has 2 aliphatic rings. The fourth-order valence-electron chi connectivity index (χ4n) is 4.11. The van der Waals surface area contributed by atoms with Crippen molar-refractivity contribution in [1.82, 2.24) is 0 Å². The summed E-state index contributed by atoms with van der Waals surface area (Å²) in [6.45, 7) is 7.48. The quantitative estimate of drug-likeness (QED) is 0.275. The molecule has 0 unspecified atom stereocenters. The van der Waals surface area contributed by atoms with E-state index in [0.29, 0.717) is 35.8 Å². The summed E-state index contributed by atoms with van der Waals surface area (Å²) in [6.07, 6.45) is 15.6. The first-order valence-electron chi connectivity index (χ1n) is 10.5. The standard InChI is InChI=1S/C22H34O5/c1-17(13-15-19-9-5-3-6-10-19)21(23)25-27-26-22(24)18(2)14-16-20-11-7-4-8-12-20/h19-20H,1-16H2. The summed E-state index contributed by atoms with van der Waals surface area (Å²) >= 11 is 0. The molecule has 0 amide bonds. The lowest BCUT2D eigenvalue weighted by Crippen LogP contribution is -2.15. The first-order valence-corrected chi connectivity index (χ1v) is 10.5. The van der Waals surface area contributed by atoms with E-state index in [1.807, 2.05) is 0 Å². The van der Waals surface area contributed by atoms with E-state index in [1.54, 1.807) is 0 Å². The topological polar surface area (TPSA) is 61.8 Å². The summed E-state index contributed by atoms with van der Waals surface area (Å²) in [6, 6.07) is 0. The van der Waals surface area contributed by atoms with Crippen LogP contribution in [0.4, 0.5) is 0 Å². The molecule has 2 rings (SSSR count). The van der Waals surface area contributed by atoms with Crippen LogP contribution in [0.15, 0.2) is 24.3 Å². The van der Waals surface area contributed by atoms with Crippen molar-refractivity contribution < 1.29 is 24.4 Å². The highest BCUT2D eigenvalue weighted by Gasteiger charge is 2.19. The van der Waals surface area contributed by atoms with Crippen molar-refractivity contribution in [2.75, 3.05) is 0 Å². The Labute approximate surface area is 163 Å². The normalized spacial score (nSPS) is 18.7. The molecule has 0 saturated heterocycles. The van der Waals surface area contributed by atoms with Crippen LogP contribution in [0, 0.1) is 11.8 Å². The Morgan fingerprint density at radius 2 is 1.04 bits per heavy atom. The Hall–Kier alpha value is -1.62. The third-order valence-corrected chi connectivity index (χ3v) is 5.95. The molecule has 0 aromatic carbocycles. The first-order chi connectivity index (χ1) is 13.1. The van der Waals surface area contributed by atoms with Gasteiger partial charge in [0, 0.05) is 16.2 Å².